The van der Waals surface area contributed by atoms with Crippen molar-refractivity contribution in [2.75, 3.05) is 25.0 Å². The molecular weight excluding hydrogens is 218 g/mol. The average Bonchev–Trinajstić information content (AvgIpc) is 3.06. The van der Waals surface area contributed by atoms with Gasteiger partial charge in [0.05, 0.1) is 5.69 Å². The summed E-state index contributed by atoms with van der Waals surface area (Å²) in [4.78, 5) is 8.47. The molecule has 0 saturated heterocycles. The highest BCUT2D eigenvalue weighted by molar-refractivity contribution is 7.15. The van der Waals surface area contributed by atoms with E-state index in [4.69, 9.17) is 4.98 Å². The number of hydrogen-bond donors (Lipinski definition) is 1. The highest BCUT2D eigenvalue weighted by Crippen LogP contribution is 2.44. The molecule has 0 amide bonds. The van der Waals surface area contributed by atoms with E-state index in [9.17, 15) is 0 Å². The lowest BCUT2D eigenvalue weighted by atomic mass is 10.2. The second-order valence-corrected chi connectivity index (χ2v) is 5.44. The number of nitrogens with zero attached hydrogens (tertiary/aromatic N) is 2. The summed E-state index contributed by atoms with van der Waals surface area (Å²) in [7, 11) is 2.12. The van der Waals surface area contributed by atoms with Crippen molar-refractivity contribution in [2.45, 2.75) is 39.2 Å². The first-order valence-electron chi connectivity index (χ1n) is 6.17. The Bertz CT molecular complexity index is 344. The van der Waals surface area contributed by atoms with E-state index in [1.165, 1.54) is 28.5 Å². The molecule has 1 fully saturated rings. The van der Waals surface area contributed by atoms with Crippen LogP contribution in [0.4, 0.5) is 5.13 Å². The molecule has 0 aromatic carbocycles. The van der Waals surface area contributed by atoms with Gasteiger partial charge in [-0.05, 0) is 26.3 Å². The minimum Gasteiger partial charge on any atom is -0.351 e. The fraction of sp³-hybridized carbons (Fsp3) is 0.750. The standard InChI is InChI=1S/C12H21N3S/c1-4-13-8-10-11(9-6-7-9)14-12(16-10)15(3)5-2/h9,13H,4-8H2,1-3H3. The van der Waals surface area contributed by atoms with Crippen molar-refractivity contribution in [3.8, 4) is 0 Å². The van der Waals surface area contributed by atoms with Crippen LogP contribution in [0, 0.1) is 0 Å². The first-order valence-corrected chi connectivity index (χ1v) is 6.99. The Hall–Kier alpha value is -0.610. The molecule has 0 bridgehead atoms. The topological polar surface area (TPSA) is 28.2 Å². The number of nitrogens with one attached hydrogen (secondary N) is 1. The predicted octanol–water partition coefficient (Wildman–Crippen LogP) is 2.59. The zero-order chi connectivity index (χ0) is 11.5. The summed E-state index contributed by atoms with van der Waals surface area (Å²) in [6.45, 7) is 7.36. The van der Waals surface area contributed by atoms with E-state index < -0.39 is 0 Å². The van der Waals surface area contributed by atoms with Gasteiger partial charge in [-0.2, -0.15) is 0 Å². The third-order valence-electron chi connectivity index (χ3n) is 3.02. The van der Waals surface area contributed by atoms with E-state index in [1.54, 1.807) is 0 Å². The van der Waals surface area contributed by atoms with E-state index in [1.807, 2.05) is 11.3 Å². The number of hydrogen-bond acceptors (Lipinski definition) is 4. The first kappa shape index (κ1) is 11.9. The second kappa shape index (κ2) is 5.15. The largest absolute Gasteiger partial charge is 0.351 e. The summed E-state index contributed by atoms with van der Waals surface area (Å²) in [5, 5.41) is 4.59. The van der Waals surface area contributed by atoms with Crippen LogP contribution in [0.25, 0.3) is 0 Å². The first-order chi connectivity index (χ1) is 7.76. The van der Waals surface area contributed by atoms with Gasteiger partial charge in [0, 0.05) is 30.9 Å². The van der Waals surface area contributed by atoms with Crippen molar-refractivity contribution in [3.63, 3.8) is 0 Å². The van der Waals surface area contributed by atoms with Crippen LogP contribution < -0.4 is 10.2 Å². The molecule has 1 saturated carbocycles. The van der Waals surface area contributed by atoms with Gasteiger partial charge in [0.25, 0.3) is 0 Å². The van der Waals surface area contributed by atoms with E-state index in [2.05, 4.69) is 31.1 Å². The van der Waals surface area contributed by atoms with Crippen LogP contribution in [0.3, 0.4) is 0 Å². The molecule has 16 heavy (non-hydrogen) atoms. The van der Waals surface area contributed by atoms with Gasteiger partial charge in [0.15, 0.2) is 5.13 Å². The van der Waals surface area contributed by atoms with Gasteiger partial charge in [-0.1, -0.05) is 6.92 Å². The number of aromatic nitrogens is 1. The lowest BCUT2D eigenvalue weighted by molar-refractivity contribution is 0.726. The Labute approximate surface area is 102 Å². The maximum absolute atomic E-state index is 4.80. The van der Waals surface area contributed by atoms with E-state index in [0.29, 0.717) is 0 Å². The zero-order valence-corrected chi connectivity index (χ0v) is 11.2. The number of rotatable bonds is 6. The zero-order valence-electron chi connectivity index (χ0n) is 10.4. The maximum Gasteiger partial charge on any atom is 0.185 e. The van der Waals surface area contributed by atoms with Crippen molar-refractivity contribution >= 4 is 16.5 Å². The maximum atomic E-state index is 4.80. The third-order valence-corrected chi connectivity index (χ3v) is 4.20. The van der Waals surface area contributed by atoms with Crippen molar-refractivity contribution in [3.05, 3.63) is 10.6 Å². The van der Waals surface area contributed by atoms with Gasteiger partial charge in [0.1, 0.15) is 0 Å². The summed E-state index contributed by atoms with van der Waals surface area (Å²) in [5.41, 5.74) is 1.36. The Morgan fingerprint density at radius 1 is 1.44 bits per heavy atom. The monoisotopic (exact) mass is 239 g/mol. The Morgan fingerprint density at radius 3 is 2.75 bits per heavy atom. The molecule has 0 aliphatic heterocycles. The molecule has 1 aliphatic carbocycles. The van der Waals surface area contributed by atoms with Crippen molar-refractivity contribution in [2.24, 2.45) is 0 Å². The second-order valence-electron chi connectivity index (χ2n) is 4.37. The van der Waals surface area contributed by atoms with E-state index >= 15 is 0 Å². The number of thiazole rings is 1. The van der Waals surface area contributed by atoms with Gasteiger partial charge in [-0.15, -0.1) is 11.3 Å². The highest BCUT2D eigenvalue weighted by atomic mass is 32.1. The lowest BCUT2D eigenvalue weighted by Gasteiger charge is -2.11. The normalized spacial score (nSPS) is 15.4. The molecule has 0 atom stereocenters. The average molecular weight is 239 g/mol. The molecule has 0 radical (unpaired) electrons. The molecule has 1 heterocycles. The van der Waals surface area contributed by atoms with Crippen LogP contribution >= 0.6 is 11.3 Å². The highest BCUT2D eigenvalue weighted by Gasteiger charge is 2.29. The molecule has 3 nitrogen and oxygen atoms in total. The van der Waals surface area contributed by atoms with E-state index in [-0.39, 0.29) is 0 Å². The quantitative estimate of drug-likeness (QED) is 0.827. The molecule has 1 aromatic rings. The molecule has 1 aromatic heterocycles. The summed E-state index contributed by atoms with van der Waals surface area (Å²) >= 11 is 1.85. The summed E-state index contributed by atoms with van der Waals surface area (Å²) in [6, 6.07) is 0. The van der Waals surface area contributed by atoms with Gasteiger partial charge >= 0.3 is 0 Å². The Kier molecular flexibility index (Phi) is 3.82. The minimum absolute atomic E-state index is 0.754. The smallest absolute Gasteiger partial charge is 0.185 e. The lowest BCUT2D eigenvalue weighted by Crippen LogP contribution is -2.15. The third kappa shape index (κ3) is 2.55. The van der Waals surface area contributed by atoms with Crippen LogP contribution in [0.2, 0.25) is 0 Å². The van der Waals surface area contributed by atoms with Gasteiger partial charge < -0.3 is 10.2 Å². The minimum atomic E-state index is 0.754. The molecule has 4 heteroatoms. The van der Waals surface area contributed by atoms with Gasteiger partial charge in [-0.3, -0.25) is 0 Å². The molecule has 90 valence electrons. The molecular formula is C12H21N3S. The van der Waals surface area contributed by atoms with Gasteiger partial charge in [0.2, 0.25) is 0 Å². The summed E-state index contributed by atoms with van der Waals surface area (Å²) in [5.74, 6) is 0.754. The molecule has 2 rings (SSSR count). The van der Waals surface area contributed by atoms with Gasteiger partial charge in [-0.25, -0.2) is 4.98 Å². The van der Waals surface area contributed by atoms with Crippen LogP contribution in [-0.2, 0) is 6.54 Å². The fourth-order valence-corrected chi connectivity index (χ4v) is 2.83. The van der Waals surface area contributed by atoms with Crippen LogP contribution in [0.15, 0.2) is 0 Å². The summed E-state index contributed by atoms with van der Waals surface area (Å²) < 4.78 is 0. The van der Waals surface area contributed by atoms with Crippen molar-refractivity contribution in [1.29, 1.82) is 0 Å². The van der Waals surface area contributed by atoms with Crippen LogP contribution in [-0.4, -0.2) is 25.1 Å². The Morgan fingerprint density at radius 2 is 2.19 bits per heavy atom. The molecule has 1 aliphatic rings. The molecule has 0 unspecified atom stereocenters. The van der Waals surface area contributed by atoms with Crippen molar-refractivity contribution < 1.29 is 0 Å². The number of anilines is 1. The molecule has 0 spiro atoms. The van der Waals surface area contributed by atoms with Crippen molar-refractivity contribution in [1.82, 2.24) is 10.3 Å². The van der Waals surface area contributed by atoms with Crippen LogP contribution in [0.5, 0.6) is 0 Å². The molecule has 1 N–H and O–H groups in total. The predicted molar refractivity (Wildman–Crippen MR) is 70.4 cm³/mol. The van der Waals surface area contributed by atoms with E-state index in [0.717, 1.165) is 25.6 Å². The van der Waals surface area contributed by atoms with Crippen LogP contribution in [0.1, 0.15) is 43.2 Å². The fourth-order valence-electron chi connectivity index (χ4n) is 1.69. The summed E-state index contributed by atoms with van der Waals surface area (Å²) in [6.07, 6.45) is 2.66. The SMILES string of the molecule is CCNCc1sc(N(C)CC)nc1C1CC1. The Balaban J connectivity index is 2.16.